The first kappa shape index (κ1) is 86.5. The fraction of sp³-hybridized carbons (Fsp3) is 0.933. The molecule has 0 aromatic heterocycles. The van der Waals surface area contributed by atoms with Gasteiger partial charge in [-0.05, 0) is 32.1 Å². The Hall–Kier alpha value is -1.73. The second kappa shape index (κ2) is 57.0. The van der Waals surface area contributed by atoms with Crippen LogP contribution in [0.2, 0.25) is 0 Å². The summed E-state index contributed by atoms with van der Waals surface area (Å²) in [5.74, 6) is -0.280. The number of allylic oxidation sites excluding steroid dienone is 3. The molecule has 0 bridgehead atoms. The summed E-state index contributed by atoms with van der Waals surface area (Å²) < 4.78 is 34.3. The van der Waals surface area contributed by atoms with E-state index in [9.17, 15) is 61.0 Å². The number of carbonyl (C=O) groups excluding carboxylic acids is 1. The standard InChI is InChI=1S/C75H141NO18/c1-3-5-7-9-11-13-15-17-18-19-20-21-22-23-24-25-26-27-28-29-30-31-32-33-34-35-36-37-38-39-41-43-45-47-49-51-53-63(81)76-58(59(80)52-50-48-46-44-42-40-16-14-12-10-8-6-4-2)57-89-73-69(87)66(84)71(61(55-78)91-73)94-75-70(88)67(85)72(62(56-79)92-75)93-74-68(86)65(83)64(82)60(54-77)90-74/h42,44,50,52,58-62,64-75,77-80,82-88H,3-41,43,45-49,51,53-57H2,1-2H3,(H,76,81)/b44-42+,52-50+. The molecule has 1 amide bonds. The van der Waals surface area contributed by atoms with E-state index in [1.165, 1.54) is 244 Å². The minimum atomic E-state index is -1.98. The molecule has 19 nitrogen and oxygen atoms in total. The van der Waals surface area contributed by atoms with Crippen molar-refractivity contribution in [1.29, 1.82) is 0 Å². The molecule has 3 heterocycles. The van der Waals surface area contributed by atoms with Crippen LogP contribution in [-0.2, 0) is 33.2 Å². The van der Waals surface area contributed by atoms with Gasteiger partial charge in [0, 0.05) is 6.42 Å². The minimum absolute atomic E-state index is 0.241. The normalized spacial score (nSPS) is 27.4. The Morgan fingerprint density at radius 2 is 0.681 bits per heavy atom. The lowest BCUT2D eigenvalue weighted by Crippen LogP contribution is -2.66. The summed E-state index contributed by atoms with van der Waals surface area (Å²) in [4.78, 5) is 13.4. The largest absolute Gasteiger partial charge is 0.394 e. The van der Waals surface area contributed by atoms with Gasteiger partial charge in [-0.15, -0.1) is 0 Å². The minimum Gasteiger partial charge on any atom is -0.394 e. The van der Waals surface area contributed by atoms with Crippen LogP contribution < -0.4 is 5.32 Å². The third-order valence-electron chi connectivity index (χ3n) is 19.5. The molecular weight excluding hydrogens is 1200 g/mol. The molecule has 3 saturated heterocycles. The van der Waals surface area contributed by atoms with Gasteiger partial charge in [0.25, 0.3) is 0 Å². The van der Waals surface area contributed by atoms with Crippen molar-refractivity contribution in [2.75, 3.05) is 26.4 Å². The molecule has 3 rings (SSSR count). The van der Waals surface area contributed by atoms with Gasteiger partial charge in [0.2, 0.25) is 5.91 Å². The van der Waals surface area contributed by atoms with E-state index < -0.39 is 124 Å². The van der Waals surface area contributed by atoms with Gasteiger partial charge >= 0.3 is 0 Å². The van der Waals surface area contributed by atoms with Gasteiger partial charge in [-0.3, -0.25) is 4.79 Å². The van der Waals surface area contributed by atoms with E-state index in [0.717, 1.165) is 38.5 Å². The highest BCUT2D eigenvalue weighted by molar-refractivity contribution is 5.76. The summed E-state index contributed by atoms with van der Waals surface area (Å²) >= 11 is 0. The van der Waals surface area contributed by atoms with Crippen molar-refractivity contribution in [2.24, 2.45) is 0 Å². The Balaban J connectivity index is 1.30. The molecule has 554 valence electrons. The van der Waals surface area contributed by atoms with Gasteiger partial charge in [-0.25, -0.2) is 0 Å². The quantitative estimate of drug-likeness (QED) is 0.0199. The van der Waals surface area contributed by atoms with Crippen molar-refractivity contribution in [3.05, 3.63) is 24.3 Å². The monoisotopic (exact) mass is 1340 g/mol. The molecule has 17 atom stereocenters. The molecule has 94 heavy (non-hydrogen) atoms. The smallest absolute Gasteiger partial charge is 0.220 e. The molecule has 3 fully saturated rings. The second-order valence-electron chi connectivity index (χ2n) is 27.8. The van der Waals surface area contributed by atoms with E-state index in [-0.39, 0.29) is 18.9 Å². The third-order valence-corrected chi connectivity index (χ3v) is 19.5. The fourth-order valence-electron chi connectivity index (χ4n) is 13.3. The molecular formula is C75H141NO18. The van der Waals surface area contributed by atoms with Gasteiger partial charge in [0.05, 0.1) is 38.6 Å². The van der Waals surface area contributed by atoms with Crippen LogP contribution >= 0.6 is 0 Å². The van der Waals surface area contributed by atoms with Crippen LogP contribution in [0.3, 0.4) is 0 Å². The van der Waals surface area contributed by atoms with E-state index in [2.05, 4.69) is 31.3 Å². The summed E-state index contributed by atoms with van der Waals surface area (Å²) in [6.07, 6.45) is 40.7. The zero-order valence-corrected chi connectivity index (χ0v) is 59.0. The number of unbranched alkanes of at least 4 members (excludes halogenated alkanes) is 43. The van der Waals surface area contributed by atoms with Gasteiger partial charge in [-0.1, -0.05) is 301 Å². The van der Waals surface area contributed by atoms with Crippen molar-refractivity contribution in [3.63, 3.8) is 0 Å². The van der Waals surface area contributed by atoms with Crippen LogP contribution in [0.4, 0.5) is 0 Å². The molecule has 0 spiro atoms. The van der Waals surface area contributed by atoms with Crippen LogP contribution in [0.25, 0.3) is 0 Å². The van der Waals surface area contributed by atoms with E-state index >= 15 is 0 Å². The van der Waals surface area contributed by atoms with Crippen LogP contribution in [0.1, 0.15) is 316 Å². The zero-order chi connectivity index (χ0) is 68.2. The van der Waals surface area contributed by atoms with E-state index in [1.807, 2.05) is 6.08 Å². The topological polar surface area (TPSA) is 307 Å². The Labute approximate surface area is 568 Å². The average molecular weight is 1340 g/mol. The van der Waals surface area contributed by atoms with Crippen LogP contribution in [0, 0.1) is 0 Å². The predicted molar refractivity (Wildman–Crippen MR) is 370 cm³/mol. The molecule has 0 saturated carbocycles. The van der Waals surface area contributed by atoms with E-state index in [1.54, 1.807) is 6.08 Å². The van der Waals surface area contributed by atoms with Crippen LogP contribution in [0.5, 0.6) is 0 Å². The molecule has 3 aliphatic rings. The summed E-state index contributed by atoms with van der Waals surface area (Å²) in [7, 11) is 0. The fourth-order valence-corrected chi connectivity index (χ4v) is 13.3. The molecule has 0 aliphatic carbocycles. The molecule has 0 aromatic rings. The van der Waals surface area contributed by atoms with Gasteiger partial charge < -0.3 is 89.9 Å². The van der Waals surface area contributed by atoms with E-state index in [0.29, 0.717) is 12.8 Å². The second-order valence-corrected chi connectivity index (χ2v) is 27.8. The maximum Gasteiger partial charge on any atom is 0.220 e. The molecule has 3 aliphatic heterocycles. The highest BCUT2D eigenvalue weighted by Gasteiger charge is 2.53. The number of hydrogen-bond donors (Lipinski definition) is 12. The SMILES string of the molecule is CCCCCCCCC/C=C/CC/C=C/C(O)C(COC1OC(CO)C(OC2OC(CO)C(OC3OC(CO)C(O)C(O)C3O)C(O)C2O)C(O)C1O)NC(=O)CCCCCCCCCCCCCCCCCCCCCCCCCCCCCCCCCCCCCC. The zero-order valence-electron chi connectivity index (χ0n) is 59.0. The summed E-state index contributed by atoms with van der Waals surface area (Å²) in [5.41, 5.74) is 0. The van der Waals surface area contributed by atoms with Gasteiger partial charge in [0.1, 0.15) is 73.2 Å². The summed E-state index contributed by atoms with van der Waals surface area (Å²) in [6, 6.07) is -0.986. The highest BCUT2D eigenvalue weighted by Crippen LogP contribution is 2.33. The Morgan fingerprint density at radius 3 is 1.06 bits per heavy atom. The van der Waals surface area contributed by atoms with Crippen LogP contribution in [-0.4, -0.2) is 193 Å². The number of rotatable bonds is 61. The first-order valence-electron chi connectivity index (χ1n) is 38.6. The lowest BCUT2D eigenvalue weighted by molar-refractivity contribution is -0.379. The first-order valence-corrected chi connectivity index (χ1v) is 38.6. The number of amides is 1. The Bertz CT molecular complexity index is 1800. The number of aliphatic hydroxyl groups is 11. The lowest BCUT2D eigenvalue weighted by Gasteiger charge is -2.48. The van der Waals surface area contributed by atoms with E-state index in [4.69, 9.17) is 28.4 Å². The molecule has 12 N–H and O–H groups in total. The Morgan fingerprint density at radius 1 is 0.372 bits per heavy atom. The van der Waals surface area contributed by atoms with Crippen molar-refractivity contribution in [2.45, 2.75) is 420 Å². The maximum atomic E-state index is 13.4. The number of carbonyl (C=O) groups is 1. The number of hydrogen-bond acceptors (Lipinski definition) is 18. The molecule has 17 unspecified atom stereocenters. The van der Waals surface area contributed by atoms with Crippen molar-refractivity contribution in [3.8, 4) is 0 Å². The summed E-state index contributed by atoms with van der Waals surface area (Å²) in [6.45, 7) is 1.73. The van der Waals surface area contributed by atoms with Crippen molar-refractivity contribution < 1.29 is 89.4 Å². The molecule has 0 radical (unpaired) electrons. The lowest BCUT2D eigenvalue weighted by atomic mass is 9.96. The average Bonchev–Trinajstić information content (AvgIpc) is 0.787. The first-order chi connectivity index (χ1) is 45.8. The summed E-state index contributed by atoms with van der Waals surface area (Å²) in [5, 5.41) is 120. The predicted octanol–water partition coefficient (Wildman–Crippen LogP) is 11.8. The molecule has 0 aromatic carbocycles. The van der Waals surface area contributed by atoms with Gasteiger partial charge in [-0.2, -0.15) is 0 Å². The number of ether oxygens (including phenoxy) is 6. The molecule has 19 heteroatoms. The van der Waals surface area contributed by atoms with Gasteiger partial charge in [0.15, 0.2) is 18.9 Å². The highest BCUT2D eigenvalue weighted by atomic mass is 16.8. The Kier molecular flexibility index (Phi) is 52.4. The van der Waals surface area contributed by atoms with Crippen LogP contribution in [0.15, 0.2) is 24.3 Å². The number of aliphatic hydroxyl groups excluding tert-OH is 11. The number of nitrogens with one attached hydrogen (secondary N) is 1. The van der Waals surface area contributed by atoms with Crippen molar-refractivity contribution in [1.82, 2.24) is 5.32 Å². The van der Waals surface area contributed by atoms with Crippen molar-refractivity contribution >= 4 is 5.91 Å². The third kappa shape index (κ3) is 37.6. The maximum absolute atomic E-state index is 13.4.